The third-order valence-electron chi connectivity index (χ3n) is 22.9. The summed E-state index contributed by atoms with van der Waals surface area (Å²) in [4.78, 5) is 39.6. The van der Waals surface area contributed by atoms with Gasteiger partial charge in [0.15, 0.2) is 0 Å². The fourth-order valence-corrected chi connectivity index (χ4v) is 19.1. The number of nitrogens with zero attached hydrogens (tertiary/aromatic N) is 12. The molecular weight excluding hydrogens is 1550 g/mol. The number of rotatable bonds is 9. The number of pyridine rings is 3. The van der Waals surface area contributed by atoms with E-state index < -0.39 is 42.0 Å². The van der Waals surface area contributed by atoms with Crippen molar-refractivity contribution in [2.45, 2.75) is 151 Å². The van der Waals surface area contributed by atoms with Gasteiger partial charge in [0.25, 0.3) is 0 Å². The minimum absolute atomic E-state index is 0.0463. The maximum absolute atomic E-state index is 11.2. The van der Waals surface area contributed by atoms with Crippen molar-refractivity contribution >= 4 is 148 Å². The molecule has 21 nitrogen and oxygen atoms in total. The van der Waals surface area contributed by atoms with Crippen LogP contribution in [-0.2, 0) is 24.0 Å². The molecule has 528 valence electrons. The SMILES string of the molecule is Cc1ncnc2c1ccn2[C@@H]1C[C@@]2(CN[C@@H](Cc3ccc4cc(Br)c(Cl)nc4c3)C2)[C@@H](O)[C@H]1O.Cc1ncnc2c1ccn2[C@@H]1C[C@@]2(CN[C@H](Cc3ccc4cc(Br)c(Cl)nc4c3)C2)[C@@H](O)[C@H]1O.Cc1ncnc2c1ccn2[C@@H]1C[C@@]2(CO[C@H](Cc3ccc4cc(Br)c(Cl)nc4c3)C2)[C@@H](O)[C@H]1O. The zero-order valence-electron chi connectivity index (χ0n) is 55.8. The van der Waals surface area contributed by atoms with Crippen LogP contribution >= 0.6 is 82.6 Å². The van der Waals surface area contributed by atoms with Crippen molar-refractivity contribution in [2.75, 3.05) is 19.7 Å². The third-order valence-corrected chi connectivity index (χ3v) is 26.3. The molecule has 0 radical (unpaired) electrons. The summed E-state index contributed by atoms with van der Waals surface area (Å²) < 4.78 is 14.5. The Bertz CT molecular complexity index is 4740. The molecule has 15 atom stereocenters. The van der Waals surface area contributed by atoms with E-state index in [2.05, 4.69) is 146 Å². The molecule has 3 aromatic carbocycles. The first-order valence-corrected chi connectivity index (χ1v) is 37.8. The molecule has 12 heterocycles. The highest BCUT2D eigenvalue weighted by Crippen LogP contribution is 2.54. The Morgan fingerprint density at radius 1 is 0.441 bits per heavy atom. The Labute approximate surface area is 626 Å². The molecule has 102 heavy (non-hydrogen) atoms. The molecule has 3 spiro atoms. The minimum atomic E-state index is -0.890. The van der Waals surface area contributed by atoms with E-state index in [9.17, 15) is 30.6 Å². The van der Waals surface area contributed by atoms with E-state index in [4.69, 9.17) is 39.5 Å². The molecule has 3 aliphatic carbocycles. The van der Waals surface area contributed by atoms with Crippen molar-refractivity contribution in [3.05, 3.63) is 191 Å². The van der Waals surface area contributed by atoms with Gasteiger partial charge < -0.3 is 59.7 Å². The van der Waals surface area contributed by atoms with E-state index in [1.54, 1.807) is 19.0 Å². The van der Waals surface area contributed by atoms with E-state index in [0.29, 0.717) is 67.3 Å². The Balaban J connectivity index is 0.000000118. The van der Waals surface area contributed by atoms with Crippen LogP contribution in [0, 0.1) is 37.0 Å². The number of aryl methyl sites for hydroxylation is 3. The van der Waals surface area contributed by atoms with Crippen molar-refractivity contribution in [2.24, 2.45) is 16.2 Å². The molecule has 6 fully saturated rings. The van der Waals surface area contributed by atoms with Crippen LogP contribution in [0.5, 0.6) is 0 Å². The lowest BCUT2D eigenvalue weighted by Gasteiger charge is -2.27. The van der Waals surface area contributed by atoms with Crippen LogP contribution in [0.1, 0.15) is 90.4 Å². The maximum atomic E-state index is 11.2. The fourth-order valence-electron chi connectivity index (χ4n) is 17.6. The molecule has 18 rings (SSSR count). The van der Waals surface area contributed by atoms with Crippen LogP contribution in [0.2, 0.25) is 15.5 Å². The lowest BCUT2D eigenvalue weighted by atomic mass is 9.80. The Hall–Kier alpha value is -6.30. The highest BCUT2D eigenvalue weighted by molar-refractivity contribution is 9.11. The van der Waals surface area contributed by atoms with E-state index in [1.165, 1.54) is 11.1 Å². The van der Waals surface area contributed by atoms with E-state index in [1.807, 2.05) is 102 Å². The topological polar surface area (TPSA) is 285 Å². The molecule has 3 saturated carbocycles. The number of benzene rings is 3. The Morgan fingerprint density at radius 3 is 1.16 bits per heavy atom. The molecule has 0 unspecified atom stereocenters. The van der Waals surface area contributed by atoms with Gasteiger partial charge >= 0.3 is 0 Å². The predicted molar refractivity (Wildman–Crippen MR) is 403 cm³/mol. The van der Waals surface area contributed by atoms with Gasteiger partial charge in [0, 0.05) is 92.3 Å². The Morgan fingerprint density at radius 2 is 0.784 bits per heavy atom. The molecule has 12 aromatic rings. The van der Waals surface area contributed by atoms with Crippen LogP contribution in [-0.4, -0.2) is 164 Å². The standard InChI is InChI=1S/2C25H25BrClN5O2.C25H24BrClN4O3/c2*1-13-17-4-5-32(24(17)30-12-29-13)20-10-25(22(34)21(20)33)9-16(28-11-25)6-14-2-3-15-8-18(26)23(27)31-19(15)7-14;1-13-17-4-5-31(24(17)29-12-28-13)20-10-25(22(33)21(20)32)9-16(34-11-25)6-14-2-3-15-8-18(26)23(27)30-19(15)7-14/h2*2-5,7-8,12,16,20-22,28,33-34H,6,9-11H2,1H3;2-5,7-8,12,16,20-22,32-33H,6,9-11H2,1H3/t16-,20+,21-,22-,25-;2*16-,20-,21+,22+,25+/m011/s1. The number of halogens is 6. The van der Waals surface area contributed by atoms with Crippen LogP contribution in [0.4, 0.5) is 0 Å². The van der Waals surface area contributed by atoms with Crippen LogP contribution < -0.4 is 10.6 Å². The largest absolute Gasteiger partial charge is 0.390 e. The van der Waals surface area contributed by atoms with Gasteiger partial charge in [-0.15, -0.1) is 0 Å². The van der Waals surface area contributed by atoms with Gasteiger partial charge in [-0.05, 0) is 198 Å². The van der Waals surface area contributed by atoms with Gasteiger partial charge in [0.05, 0.1) is 96.2 Å². The van der Waals surface area contributed by atoms with Gasteiger partial charge in [-0.2, -0.15) is 0 Å². The summed E-state index contributed by atoms with van der Waals surface area (Å²) in [5.74, 6) is 0. The third kappa shape index (κ3) is 12.7. The lowest BCUT2D eigenvalue weighted by molar-refractivity contribution is -0.0308. The van der Waals surface area contributed by atoms with Crippen molar-refractivity contribution in [1.82, 2.24) is 69.2 Å². The Kier molecular flexibility index (Phi) is 18.9. The molecule has 27 heteroatoms. The highest BCUT2D eigenvalue weighted by Gasteiger charge is 2.59. The number of hydrogen-bond donors (Lipinski definition) is 8. The summed E-state index contributed by atoms with van der Waals surface area (Å²) in [5, 5.41) is 81.2. The monoisotopic (exact) mass is 1620 g/mol. The number of nitrogens with one attached hydrogen (secondary N) is 2. The quantitative estimate of drug-likeness (QED) is 0.0623. The van der Waals surface area contributed by atoms with Gasteiger partial charge in [0.2, 0.25) is 0 Å². The summed E-state index contributed by atoms with van der Waals surface area (Å²) >= 11 is 28.8. The fraction of sp³-hybridized carbons (Fsp3) is 0.400. The van der Waals surface area contributed by atoms with E-state index in [-0.39, 0.29) is 47.1 Å². The van der Waals surface area contributed by atoms with Gasteiger partial charge in [-0.3, -0.25) is 0 Å². The normalized spacial score (nSPS) is 29.1. The van der Waals surface area contributed by atoms with Crippen LogP contribution in [0.3, 0.4) is 0 Å². The second-order valence-corrected chi connectivity index (χ2v) is 32.8. The molecule has 9 aromatic heterocycles. The number of hydrogen-bond acceptors (Lipinski definition) is 18. The average Bonchev–Trinajstić information content (AvgIpc) is 1.59. The van der Waals surface area contributed by atoms with Crippen LogP contribution in [0.25, 0.3) is 65.8 Å². The number of ether oxygens (including phenoxy) is 1. The summed E-state index contributed by atoms with van der Waals surface area (Å²) in [5.41, 5.74) is 9.87. The summed E-state index contributed by atoms with van der Waals surface area (Å²) in [7, 11) is 0. The molecule has 6 aliphatic rings. The van der Waals surface area contributed by atoms with Crippen molar-refractivity contribution in [3.8, 4) is 0 Å². The number of fused-ring (bicyclic) bond motifs is 6. The van der Waals surface area contributed by atoms with Gasteiger partial charge in [-0.1, -0.05) is 71.2 Å². The number of aliphatic hydroxyl groups is 6. The van der Waals surface area contributed by atoms with Crippen molar-refractivity contribution in [3.63, 3.8) is 0 Å². The van der Waals surface area contributed by atoms with Crippen molar-refractivity contribution < 1.29 is 35.4 Å². The molecule has 0 bridgehead atoms. The summed E-state index contributed by atoms with van der Waals surface area (Å²) in [6.45, 7) is 7.62. The molecule has 8 N–H and O–H groups in total. The molecule has 0 amide bonds. The minimum Gasteiger partial charge on any atom is -0.390 e. The number of aliphatic hydroxyl groups excluding tert-OH is 6. The van der Waals surface area contributed by atoms with Gasteiger partial charge in [0.1, 0.15) is 69.7 Å². The van der Waals surface area contributed by atoms with E-state index in [0.717, 1.165) is 128 Å². The first-order chi connectivity index (χ1) is 49.0. The summed E-state index contributed by atoms with van der Waals surface area (Å²) in [6.07, 6.45) is 12.0. The zero-order valence-corrected chi connectivity index (χ0v) is 62.8. The zero-order chi connectivity index (χ0) is 70.8. The summed E-state index contributed by atoms with van der Waals surface area (Å²) in [6, 6.07) is 30.2. The first kappa shape index (κ1) is 70.0. The maximum Gasteiger partial charge on any atom is 0.143 e. The highest BCUT2D eigenvalue weighted by atomic mass is 79.9. The number of aromatic nitrogens is 12. The van der Waals surface area contributed by atoms with Crippen molar-refractivity contribution in [1.29, 1.82) is 0 Å². The first-order valence-electron chi connectivity index (χ1n) is 34.3. The van der Waals surface area contributed by atoms with Crippen LogP contribution in [0.15, 0.2) is 142 Å². The second-order valence-electron chi connectivity index (χ2n) is 29.1. The molecular formula is C75H74Br3Cl3N14O7. The average molecular weight is 1630 g/mol. The molecule has 3 aliphatic heterocycles. The smallest absolute Gasteiger partial charge is 0.143 e. The van der Waals surface area contributed by atoms with Gasteiger partial charge in [-0.25, -0.2) is 44.9 Å². The lowest BCUT2D eigenvalue weighted by Crippen LogP contribution is -2.38. The van der Waals surface area contributed by atoms with E-state index >= 15 is 0 Å². The molecule has 3 saturated heterocycles. The second kappa shape index (κ2) is 27.6. The predicted octanol–water partition coefficient (Wildman–Crippen LogP) is 12.3.